The molecule has 0 bridgehead atoms. The lowest BCUT2D eigenvalue weighted by molar-refractivity contribution is 0.0314. The molecule has 0 saturated carbocycles. The smallest absolute Gasteiger partial charge is 0.133 e. The average molecular weight is 217 g/mol. The summed E-state index contributed by atoms with van der Waals surface area (Å²) in [5.41, 5.74) is 6.78. The average Bonchev–Trinajstić information content (AvgIpc) is 2.85. The molecular formula is C13H15NO2. The fourth-order valence-electron chi connectivity index (χ4n) is 1.51. The second-order valence-corrected chi connectivity index (χ2v) is 3.54. The van der Waals surface area contributed by atoms with Gasteiger partial charge in [0.2, 0.25) is 0 Å². The van der Waals surface area contributed by atoms with Crippen molar-refractivity contribution < 1.29 is 9.15 Å². The fourth-order valence-corrected chi connectivity index (χ4v) is 1.51. The number of benzene rings is 1. The Morgan fingerprint density at radius 1 is 1.12 bits per heavy atom. The van der Waals surface area contributed by atoms with Gasteiger partial charge in [-0.25, -0.2) is 0 Å². The van der Waals surface area contributed by atoms with Gasteiger partial charge in [0, 0.05) is 6.54 Å². The molecule has 2 aromatic rings. The molecule has 0 radical (unpaired) electrons. The molecule has 16 heavy (non-hydrogen) atoms. The van der Waals surface area contributed by atoms with Crippen molar-refractivity contribution >= 4 is 0 Å². The molecule has 1 atom stereocenters. The minimum atomic E-state index is -0.171. The molecule has 84 valence electrons. The van der Waals surface area contributed by atoms with Gasteiger partial charge in [0.25, 0.3) is 0 Å². The molecule has 1 aromatic heterocycles. The number of rotatable bonds is 5. The Kier molecular flexibility index (Phi) is 3.75. The van der Waals surface area contributed by atoms with E-state index >= 15 is 0 Å². The monoisotopic (exact) mass is 217 g/mol. The Bertz CT molecular complexity index is 397. The molecule has 0 saturated heterocycles. The van der Waals surface area contributed by atoms with Crippen LogP contribution < -0.4 is 5.73 Å². The Hall–Kier alpha value is -1.58. The predicted molar refractivity (Wildman–Crippen MR) is 61.7 cm³/mol. The Morgan fingerprint density at radius 3 is 2.56 bits per heavy atom. The van der Waals surface area contributed by atoms with Crippen LogP contribution in [0.1, 0.15) is 17.4 Å². The van der Waals surface area contributed by atoms with Gasteiger partial charge in [-0.15, -0.1) is 0 Å². The highest BCUT2D eigenvalue weighted by Gasteiger charge is 2.12. The number of nitrogens with two attached hydrogens (primary N) is 1. The molecule has 0 spiro atoms. The highest BCUT2D eigenvalue weighted by molar-refractivity contribution is 5.13. The summed E-state index contributed by atoms with van der Waals surface area (Å²) in [7, 11) is 0. The van der Waals surface area contributed by atoms with Crippen molar-refractivity contribution in [2.24, 2.45) is 5.73 Å². The van der Waals surface area contributed by atoms with Crippen LogP contribution in [0.5, 0.6) is 0 Å². The van der Waals surface area contributed by atoms with Crippen molar-refractivity contribution in [1.82, 2.24) is 0 Å². The first-order valence-electron chi connectivity index (χ1n) is 5.29. The molecule has 0 aliphatic rings. The van der Waals surface area contributed by atoms with Crippen molar-refractivity contribution in [2.75, 3.05) is 6.54 Å². The van der Waals surface area contributed by atoms with Gasteiger partial charge in [0.05, 0.1) is 12.9 Å². The zero-order chi connectivity index (χ0) is 11.2. The van der Waals surface area contributed by atoms with Gasteiger partial charge in [-0.2, -0.15) is 0 Å². The van der Waals surface area contributed by atoms with Crippen LogP contribution in [0.15, 0.2) is 53.1 Å². The van der Waals surface area contributed by atoms with E-state index < -0.39 is 0 Å². The second kappa shape index (κ2) is 5.49. The van der Waals surface area contributed by atoms with Gasteiger partial charge in [0.1, 0.15) is 11.9 Å². The molecule has 0 aliphatic carbocycles. The molecule has 0 aliphatic heterocycles. The van der Waals surface area contributed by atoms with Gasteiger partial charge in [0.15, 0.2) is 0 Å². The standard InChI is InChI=1S/C13H15NO2/c14-9-13(12-7-4-8-15-12)16-10-11-5-2-1-3-6-11/h1-8,13H,9-10,14H2. The van der Waals surface area contributed by atoms with Gasteiger partial charge < -0.3 is 14.9 Å². The number of ether oxygens (including phenoxy) is 1. The summed E-state index contributed by atoms with van der Waals surface area (Å²) in [5, 5.41) is 0. The summed E-state index contributed by atoms with van der Waals surface area (Å²) in [6.07, 6.45) is 1.46. The van der Waals surface area contributed by atoms with Crippen LogP contribution in [0.2, 0.25) is 0 Å². The third-order valence-corrected chi connectivity index (χ3v) is 2.37. The van der Waals surface area contributed by atoms with E-state index in [1.165, 1.54) is 0 Å². The van der Waals surface area contributed by atoms with E-state index in [2.05, 4.69) is 0 Å². The SMILES string of the molecule is NCC(OCc1ccccc1)c1ccco1. The van der Waals surface area contributed by atoms with E-state index in [1.54, 1.807) is 6.26 Å². The van der Waals surface area contributed by atoms with E-state index in [9.17, 15) is 0 Å². The summed E-state index contributed by atoms with van der Waals surface area (Å²) in [4.78, 5) is 0. The Morgan fingerprint density at radius 2 is 1.94 bits per heavy atom. The quantitative estimate of drug-likeness (QED) is 0.837. The number of hydrogen-bond acceptors (Lipinski definition) is 3. The fraction of sp³-hybridized carbons (Fsp3) is 0.231. The van der Waals surface area contributed by atoms with Crippen LogP contribution in [0.3, 0.4) is 0 Å². The van der Waals surface area contributed by atoms with Crippen molar-refractivity contribution in [3.63, 3.8) is 0 Å². The molecule has 1 aromatic carbocycles. The molecule has 2 N–H and O–H groups in total. The highest BCUT2D eigenvalue weighted by Crippen LogP contribution is 2.18. The minimum absolute atomic E-state index is 0.171. The van der Waals surface area contributed by atoms with Crippen molar-refractivity contribution in [3.05, 3.63) is 60.1 Å². The van der Waals surface area contributed by atoms with E-state index in [4.69, 9.17) is 14.9 Å². The van der Waals surface area contributed by atoms with Crippen LogP contribution in [-0.2, 0) is 11.3 Å². The number of hydrogen-bond donors (Lipinski definition) is 1. The molecular weight excluding hydrogens is 202 g/mol. The molecule has 0 amide bonds. The molecule has 0 fully saturated rings. The molecule has 2 rings (SSSR count). The maximum atomic E-state index is 5.70. The minimum Gasteiger partial charge on any atom is -0.467 e. The maximum Gasteiger partial charge on any atom is 0.133 e. The lowest BCUT2D eigenvalue weighted by atomic mass is 10.2. The first kappa shape index (κ1) is 10.9. The first-order valence-corrected chi connectivity index (χ1v) is 5.29. The van der Waals surface area contributed by atoms with E-state index in [1.807, 2.05) is 42.5 Å². The number of furan rings is 1. The second-order valence-electron chi connectivity index (χ2n) is 3.54. The molecule has 1 heterocycles. The summed E-state index contributed by atoms with van der Waals surface area (Å²) in [6, 6.07) is 13.7. The van der Waals surface area contributed by atoms with Crippen molar-refractivity contribution in [2.45, 2.75) is 12.7 Å². The van der Waals surface area contributed by atoms with Crippen LogP contribution in [-0.4, -0.2) is 6.54 Å². The van der Waals surface area contributed by atoms with Crippen molar-refractivity contribution in [3.8, 4) is 0 Å². The van der Waals surface area contributed by atoms with Crippen LogP contribution >= 0.6 is 0 Å². The van der Waals surface area contributed by atoms with E-state index in [0.717, 1.165) is 11.3 Å². The third kappa shape index (κ3) is 2.72. The first-order chi connectivity index (χ1) is 7.90. The van der Waals surface area contributed by atoms with Gasteiger partial charge in [-0.05, 0) is 17.7 Å². The van der Waals surface area contributed by atoms with E-state index in [0.29, 0.717) is 13.2 Å². The van der Waals surface area contributed by atoms with Gasteiger partial charge in [-0.3, -0.25) is 0 Å². The topological polar surface area (TPSA) is 48.4 Å². The summed E-state index contributed by atoms with van der Waals surface area (Å²) in [6.45, 7) is 0.962. The Labute approximate surface area is 94.8 Å². The van der Waals surface area contributed by atoms with Crippen LogP contribution in [0, 0.1) is 0 Å². The van der Waals surface area contributed by atoms with Gasteiger partial charge in [-0.1, -0.05) is 30.3 Å². The lowest BCUT2D eigenvalue weighted by Crippen LogP contribution is -2.15. The zero-order valence-corrected chi connectivity index (χ0v) is 9.00. The highest BCUT2D eigenvalue weighted by atomic mass is 16.5. The Balaban J connectivity index is 1.94. The summed E-state index contributed by atoms with van der Waals surface area (Å²) >= 11 is 0. The third-order valence-electron chi connectivity index (χ3n) is 2.37. The summed E-state index contributed by atoms with van der Waals surface area (Å²) < 4.78 is 11.0. The molecule has 3 heteroatoms. The normalized spacial score (nSPS) is 12.6. The lowest BCUT2D eigenvalue weighted by Gasteiger charge is -2.13. The van der Waals surface area contributed by atoms with Crippen molar-refractivity contribution in [1.29, 1.82) is 0 Å². The maximum absolute atomic E-state index is 5.70. The molecule has 3 nitrogen and oxygen atoms in total. The van der Waals surface area contributed by atoms with E-state index in [-0.39, 0.29) is 6.10 Å². The summed E-state index contributed by atoms with van der Waals surface area (Å²) in [5.74, 6) is 0.776. The van der Waals surface area contributed by atoms with Crippen LogP contribution in [0.25, 0.3) is 0 Å². The van der Waals surface area contributed by atoms with Crippen LogP contribution in [0.4, 0.5) is 0 Å². The zero-order valence-electron chi connectivity index (χ0n) is 9.00. The van der Waals surface area contributed by atoms with Gasteiger partial charge >= 0.3 is 0 Å². The predicted octanol–water partition coefficient (Wildman–Crippen LogP) is 2.50. The molecule has 1 unspecified atom stereocenters. The largest absolute Gasteiger partial charge is 0.467 e.